The molecule has 3 aromatic rings. The van der Waals surface area contributed by atoms with Gasteiger partial charge in [0.25, 0.3) is 11.5 Å². The Labute approximate surface area is 207 Å². The molecule has 2 aromatic heterocycles. The number of hydrazine groups is 1. The Kier molecular flexibility index (Phi) is 7.91. The fourth-order valence-corrected chi connectivity index (χ4v) is 4.29. The Hall–Kier alpha value is -3.53. The van der Waals surface area contributed by atoms with E-state index in [-0.39, 0.29) is 23.1 Å². The van der Waals surface area contributed by atoms with Crippen LogP contribution in [0.3, 0.4) is 0 Å². The number of aryl methyl sites for hydroxylation is 1. The smallest absolute Gasteiger partial charge is 0.290 e. The molecular formula is C24H28ClN7O3. The molecule has 1 aromatic carbocycles. The zero-order valence-electron chi connectivity index (χ0n) is 19.5. The molecule has 0 unspecified atom stereocenters. The molecule has 1 saturated heterocycles. The van der Waals surface area contributed by atoms with Gasteiger partial charge in [0.1, 0.15) is 0 Å². The minimum atomic E-state index is -0.562. The lowest BCUT2D eigenvalue weighted by Crippen LogP contribution is -2.48. The first-order valence-corrected chi connectivity index (χ1v) is 12.2. The summed E-state index contributed by atoms with van der Waals surface area (Å²) in [6.45, 7) is 3.78. The van der Waals surface area contributed by atoms with E-state index >= 15 is 0 Å². The Morgan fingerprint density at radius 2 is 1.77 bits per heavy atom. The van der Waals surface area contributed by atoms with E-state index in [9.17, 15) is 14.4 Å². The summed E-state index contributed by atoms with van der Waals surface area (Å²) in [5.74, 6) is -0.360. The van der Waals surface area contributed by atoms with Crippen LogP contribution in [0.25, 0.3) is 10.8 Å². The SMILES string of the molecule is CCCCCn1nc(C(=O)NNC(=O)C2CCN(c3ccc(Cl)nn3)CC2)c2ccccc2c1=O. The van der Waals surface area contributed by atoms with E-state index in [1.165, 1.54) is 4.68 Å². The number of hydrogen-bond donors (Lipinski definition) is 2. The van der Waals surface area contributed by atoms with Gasteiger partial charge in [-0.05, 0) is 37.5 Å². The zero-order chi connectivity index (χ0) is 24.8. The number of nitrogens with one attached hydrogen (secondary N) is 2. The van der Waals surface area contributed by atoms with E-state index in [0.29, 0.717) is 54.2 Å². The molecule has 1 aliphatic rings. The van der Waals surface area contributed by atoms with Gasteiger partial charge in [-0.1, -0.05) is 49.6 Å². The quantitative estimate of drug-likeness (QED) is 0.380. The summed E-state index contributed by atoms with van der Waals surface area (Å²) in [5, 5.41) is 13.5. The van der Waals surface area contributed by atoms with Crippen molar-refractivity contribution >= 4 is 40.0 Å². The number of halogens is 1. The van der Waals surface area contributed by atoms with Gasteiger partial charge in [-0.25, -0.2) is 4.68 Å². The monoisotopic (exact) mass is 497 g/mol. The highest BCUT2D eigenvalue weighted by Crippen LogP contribution is 2.22. The maximum Gasteiger partial charge on any atom is 0.290 e. The van der Waals surface area contributed by atoms with Gasteiger partial charge in [0, 0.05) is 30.9 Å². The van der Waals surface area contributed by atoms with Crippen LogP contribution in [0.1, 0.15) is 49.5 Å². The van der Waals surface area contributed by atoms with E-state index in [1.807, 2.05) is 4.90 Å². The van der Waals surface area contributed by atoms with Gasteiger partial charge in [0.15, 0.2) is 16.7 Å². The fraction of sp³-hybridized carbons (Fsp3) is 0.417. The first-order chi connectivity index (χ1) is 17.0. The van der Waals surface area contributed by atoms with Crippen molar-refractivity contribution in [1.82, 2.24) is 30.8 Å². The Morgan fingerprint density at radius 3 is 2.46 bits per heavy atom. The fourth-order valence-electron chi connectivity index (χ4n) is 4.19. The molecule has 35 heavy (non-hydrogen) atoms. The first kappa shape index (κ1) is 24.6. The molecule has 0 spiro atoms. The van der Waals surface area contributed by atoms with Crippen LogP contribution in [0.2, 0.25) is 5.15 Å². The average Bonchev–Trinajstić information content (AvgIpc) is 2.89. The predicted molar refractivity (Wildman–Crippen MR) is 133 cm³/mol. The van der Waals surface area contributed by atoms with Crippen molar-refractivity contribution in [3.8, 4) is 0 Å². The molecule has 11 heteroatoms. The van der Waals surface area contributed by atoms with Gasteiger partial charge in [-0.2, -0.15) is 5.10 Å². The normalized spacial score (nSPS) is 14.2. The number of aromatic nitrogens is 4. The summed E-state index contributed by atoms with van der Waals surface area (Å²) in [4.78, 5) is 40.5. The highest BCUT2D eigenvalue weighted by atomic mass is 35.5. The van der Waals surface area contributed by atoms with Crippen molar-refractivity contribution in [2.45, 2.75) is 45.6 Å². The average molecular weight is 498 g/mol. The van der Waals surface area contributed by atoms with Crippen LogP contribution in [0.5, 0.6) is 0 Å². The van der Waals surface area contributed by atoms with Crippen LogP contribution in [0.4, 0.5) is 5.82 Å². The molecule has 1 fully saturated rings. The molecule has 0 bridgehead atoms. The number of carbonyl (C=O) groups excluding carboxylic acids is 2. The van der Waals surface area contributed by atoms with Crippen molar-refractivity contribution in [1.29, 1.82) is 0 Å². The van der Waals surface area contributed by atoms with Crippen molar-refractivity contribution in [2.24, 2.45) is 5.92 Å². The third-order valence-electron chi connectivity index (χ3n) is 6.16. The molecule has 2 N–H and O–H groups in total. The molecule has 3 heterocycles. The summed E-state index contributed by atoms with van der Waals surface area (Å²) in [6.07, 6.45) is 3.97. The standard InChI is InChI=1S/C24H28ClN7O3/c1-2-3-6-13-32-24(35)18-8-5-4-7-17(18)21(30-32)23(34)29-28-22(33)16-11-14-31(15-12-16)20-10-9-19(25)26-27-20/h4-5,7-10,16H,2-3,6,11-15H2,1H3,(H,28,33)(H,29,34). The number of piperidine rings is 1. The summed E-state index contributed by atoms with van der Waals surface area (Å²) >= 11 is 5.80. The minimum absolute atomic E-state index is 0.105. The Balaban J connectivity index is 1.39. The third-order valence-corrected chi connectivity index (χ3v) is 6.36. The van der Waals surface area contributed by atoms with Gasteiger partial charge < -0.3 is 4.90 Å². The molecule has 0 saturated carbocycles. The number of fused-ring (bicyclic) bond motifs is 1. The second-order valence-electron chi connectivity index (χ2n) is 8.55. The van der Waals surface area contributed by atoms with Gasteiger partial charge >= 0.3 is 0 Å². The summed E-state index contributed by atoms with van der Waals surface area (Å²) < 4.78 is 1.34. The lowest BCUT2D eigenvalue weighted by Gasteiger charge is -2.31. The van der Waals surface area contributed by atoms with Crippen LogP contribution >= 0.6 is 11.6 Å². The number of anilines is 1. The molecule has 10 nitrogen and oxygen atoms in total. The predicted octanol–water partition coefficient (Wildman–Crippen LogP) is 2.71. The highest BCUT2D eigenvalue weighted by molar-refractivity contribution is 6.29. The van der Waals surface area contributed by atoms with Crippen molar-refractivity contribution < 1.29 is 9.59 Å². The molecule has 184 valence electrons. The lowest BCUT2D eigenvalue weighted by atomic mass is 9.96. The van der Waals surface area contributed by atoms with Gasteiger partial charge in [-0.3, -0.25) is 25.2 Å². The molecule has 0 aliphatic carbocycles. The number of hydrogen-bond acceptors (Lipinski definition) is 7. The van der Waals surface area contributed by atoms with Crippen molar-refractivity contribution in [3.63, 3.8) is 0 Å². The second kappa shape index (κ2) is 11.3. The summed E-state index contributed by atoms with van der Waals surface area (Å²) in [6, 6.07) is 10.4. The largest absolute Gasteiger partial charge is 0.355 e. The number of carbonyl (C=O) groups is 2. The molecule has 0 atom stereocenters. The summed E-state index contributed by atoms with van der Waals surface area (Å²) in [7, 11) is 0. The van der Waals surface area contributed by atoms with Crippen LogP contribution in [0, 0.1) is 5.92 Å². The first-order valence-electron chi connectivity index (χ1n) is 11.8. The number of amides is 2. The van der Waals surface area contributed by atoms with Crippen LogP contribution in [-0.2, 0) is 11.3 Å². The van der Waals surface area contributed by atoms with Gasteiger partial charge in [0.2, 0.25) is 5.91 Å². The Morgan fingerprint density at radius 1 is 1.03 bits per heavy atom. The topological polar surface area (TPSA) is 122 Å². The van der Waals surface area contributed by atoms with Crippen LogP contribution < -0.4 is 21.3 Å². The maximum atomic E-state index is 13.0. The van der Waals surface area contributed by atoms with Crippen LogP contribution in [0.15, 0.2) is 41.2 Å². The van der Waals surface area contributed by atoms with Gasteiger partial charge in [0.05, 0.1) is 5.39 Å². The molecule has 0 radical (unpaired) electrons. The third kappa shape index (κ3) is 5.76. The van der Waals surface area contributed by atoms with Crippen molar-refractivity contribution in [2.75, 3.05) is 18.0 Å². The zero-order valence-corrected chi connectivity index (χ0v) is 20.3. The van der Waals surface area contributed by atoms with Crippen LogP contribution in [-0.4, -0.2) is 44.9 Å². The number of benzene rings is 1. The van der Waals surface area contributed by atoms with E-state index in [2.05, 4.69) is 33.1 Å². The van der Waals surface area contributed by atoms with E-state index < -0.39 is 5.91 Å². The number of nitrogens with zero attached hydrogens (tertiary/aromatic N) is 5. The molecule has 4 rings (SSSR count). The molecule has 1 aliphatic heterocycles. The highest BCUT2D eigenvalue weighted by Gasteiger charge is 2.26. The second-order valence-corrected chi connectivity index (χ2v) is 8.94. The number of rotatable bonds is 7. The lowest BCUT2D eigenvalue weighted by molar-refractivity contribution is -0.126. The van der Waals surface area contributed by atoms with Crippen molar-refractivity contribution in [3.05, 3.63) is 57.6 Å². The molecule has 2 amide bonds. The molecular weight excluding hydrogens is 470 g/mol. The summed E-state index contributed by atoms with van der Waals surface area (Å²) in [5.41, 5.74) is 4.90. The Bertz CT molecular complexity index is 1250. The van der Waals surface area contributed by atoms with Gasteiger partial charge in [-0.15, -0.1) is 10.2 Å². The van der Waals surface area contributed by atoms with E-state index in [4.69, 9.17) is 11.6 Å². The van der Waals surface area contributed by atoms with E-state index in [1.54, 1.807) is 36.4 Å². The van der Waals surface area contributed by atoms with E-state index in [0.717, 1.165) is 19.3 Å². The minimum Gasteiger partial charge on any atom is -0.355 e. The maximum absolute atomic E-state index is 13.0. The number of unbranched alkanes of at least 4 members (excludes halogenated alkanes) is 2.